The van der Waals surface area contributed by atoms with Crippen LogP contribution in [0.3, 0.4) is 0 Å². The van der Waals surface area contributed by atoms with Crippen LogP contribution in [-0.4, -0.2) is 37.1 Å². The standard InChI is InChI=1S/C20H18F3N5O3/c1-31-16-8-3-2-5-12(16)11-24-28-19-26-15(18(30)27-19)10-17(29)25-14-7-4-6-13(9-14)20(21,22)23/h2-9,11,15H,10H2,1H3,(H,25,29)(H2,26,27,28,30)/b24-11-/t15-/m1/s1. The molecule has 0 radical (unpaired) electrons. The largest absolute Gasteiger partial charge is 0.496 e. The molecule has 0 saturated heterocycles. The summed E-state index contributed by atoms with van der Waals surface area (Å²) < 4.78 is 43.5. The van der Waals surface area contributed by atoms with Gasteiger partial charge in [-0.2, -0.15) is 18.3 Å². The zero-order valence-electron chi connectivity index (χ0n) is 16.2. The molecule has 0 fully saturated rings. The summed E-state index contributed by atoms with van der Waals surface area (Å²) in [5, 5.41) is 8.76. The highest BCUT2D eigenvalue weighted by Crippen LogP contribution is 2.30. The molecule has 11 heteroatoms. The topological polar surface area (TPSA) is 104 Å². The predicted octanol–water partition coefficient (Wildman–Crippen LogP) is 2.52. The Morgan fingerprint density at radius 3 is 2.77 bits per heavy atom. The van der Waals surface area contributed by atoms with Gasteiger partial charge in [-0.05, 0) is 30.3 Å². The van der Waals surface area contributed by atoms with Crippen LogP contribution in [0.1, 0.15) is 17.5 Å². The fourth-order valence-electron chi connectivity index (χ4n) is 2.74. The van der Waals surface area contributed by atoms with Gasteiger partial charge >= 0.3 is 6.18 Å². The smallest absolute Gasteiger partial charge is 0.416 e. The molecule has 0 saturated carbocycles. The number of halogens is 3. The maximum Gasteiger partial charge on any atom is 0.416 e. The van der Waals surface area contributed by atoms with Crippen LogP contribution in [0.15, 0.2) is 58.6 Å². The molecule has 0 aliphatic carbocycles. The highest BCUT2D eigenvalue weighted by molar-refractivity contribution is 6.07. The molecule has 162 valence electrons. The van der Waals surface area contributed by atoms with E-state index >= 15 is 0 Å². The van der Waals surface area contributed by atoms with Gasteiger partial charge < -0.3 is 10.1 Å². The van der Waals surface area contributed by atoms with Crippen molar-refractivity contribution in [2.75, 3.05) is 12.4 Å². The van der Waals surface area contributed by atoms with Gasteiger partial charge in [0.05, 0.1) is 25.3 Å². The van der Waals surface area contributed by atoms with Gasteiger partial charge in [-0.15, -0.1) is 0 Å². The SMILES string of the molecule is COc1ccccc1/C=N\NC1=N[C@H](CC(=O)Nc2cccc(C(F)(F)F)c2)C(=O)N1. The van der Waals surface area contributed by atoms with Gasteiger partial charge in [0.15, 0.2) is 0 Å². The number of nitrogens with zero attached hydrogens (tertiary/aromatic N) is 2. The van der Waals surface area contributed by atoms with Crippen molar-refractivity contribution in [3.05, 3.63) is 59.7 Å². The van der Waals surface area contributed by atoms with Crippen LogP contribution in [-0.2, 0) is 15.8 Å². The van der Waals surface area contributed by atoms with Crippen LogP contribution in [0.4, 0.5) is 18.9 Å². The molecule has 0 unspecified atom stereocenters. The fraction of sp³-hybridized carbons (Fsp3) is 0.200. The van der Waals surface area contributed by atoms with E-state index in [4.69, 9.17) is 4.74 Å². The lowest BCUT2D eigenvalue weighted by atomic mass is 10.1. The Labute approximate surface area is 175 Å². The number of benzene rings is 2. The quantitative estimate of drug-likeness (QED) is 0.481. The van der Waals surface area contributed by atoms with E-state index in [9.17, 15) is 22.8 Å². The third-order valence-corrected chi connectivity index (χ3v) is 4.19. The maximum absolute atomic E-state index is 12.8. The van der Waals surface area contributed by atoms with Gasteiger partial charge in [0.2, 0.25) is 11.9 Å². The Bertz CT molecular complexity index is 1040. The minimum atomic E-state index is -4.53. The number of methoxy groups -OCH3 is 1. The van der Waals surface area contributed by atoms with E-state index in [-0.39, 0.29) is 18.1 Å². The number of aliphatic imine (C=N–C) groups is 1. The minimum Gasteiger partial charge on any atom is -0.496 e. The first kappa shape index (κ1) is 21.8. The number of anilines is 1. The summed E-state index contributed by atoms with van der Waals surface area (Å²) in [5.41, 5.74) is 2.34. The summed E-state index contributed by atoms with van der Waals surface area (Å²) in [6.45, 7) is 0. The predicted molar refractivity (Wildman–Crippen MR) is 108 cm³/mol. The van der Waals surface area contributed by atoms with Crippen molar-refractivity contribution < 1.29 is 27.5 Å². The third-order valence-electron chi connectivity index (χ3n) is 4.19. The number of hydrogen-bond donors (Lipinski definition) is 3. The van der Waals surface area contributed by atoms with Crippen LogP contribution in [0.25, 0.3) is 0 Å². The number of rotatable bonds is 6. The lowest BCUT2D eigenvalue weighted by molar-refractivity contribution is -0.137. The molecular formula is C20H18F3N5O3. The number of para-hydroxylation sites is 1. The Kier molecular flexibility index (Phi) is 6.53. The van der Waals surface area contributed by atoms with E-state index < -0.39 is 29.6 Å². The molecule has 0 bridgehead atoms. The van der Waals surface area contributed by atoms with E-state index in [0.29, 0.717) is 11.3 Å². The molecule has 3 N–H and O–H groups in total. The first-order chi connectivity index (χ1) is 14.8. The first-order valence-electron chi connectivity index (χ1n) is 9.04. The van der Waals surface area contributed by atoms with Gasteiger partial charge in [0, 0.05) is 11.3 Å². The number of alkyl halides is 3. The van der Waals surface area contributed by atoms with E-state index in [2.05, 4.69) is 26.2 Å². The number of carbonyl (C=O) groups is 2. The second-order valence-corrected chi connectivity index (χ2v) is 6.43. The first-order valence-corrected chi connectivity index (χ1v) is 9.04. The molecule has 0 spiro atoms. The highest BCUT2D eigenvalue weighted by atomic mass is 19.4. The van der Waals surface area contributed by atoms with Crippen molar-refractivity contribution in [1.29, 1.82) is 0 Å². The van der Waals surface area contributed by atoms with Crippen molar-refractivity contribution in [2.45, 2.75) is 18.6 Å². The van der Waals surface area contributed by atoms with E-state index in [1.807, 2.05) is 0 Å². The van der Waals surface area contributed by atoms with Gasteiger partial charge in [-0.25, -0.2) is 10.4 Å². The molecule has 2 aromatic carbocycles. The molecule has 1 atom stereocenters. The summed E-state index contributed by atoms with van der Waals surface area (Å²) in [4.78, 5) is 28.2. The number of hydrazone groups is 1. The lowest BCUT2D eigenvalue weighted by Crippen LogP contribution is -2.35. The van der Waals surface area contributed by atoms with Gasteiger partial charge in [-0.3, -0.25) is 14.9 Å². The highest BCUT2D eigenvalue weighted by Gasteiger charge is 2.31. The average molecular weight is 433 g/mol. The average Bonchev–Trinajstić information content (AvgIpc) is 3.06. The number of ether oxygens (including phenoxy) is 1. The summed E-state index contributed by atoms with van der Waals surface area (Å²) in [6.07, 6.45) is -3.40. The molecule has 0 aromatic heterocycles. The summed E-state index contributed by atoms with van der Waals surface area (Å²) in [5.74, 6) is -0.529. The zero-order chi connectivity index (χ0) is 22.4. The van der Waals surface area contributed by atoms with Crippen molar-refractivity contribution in [1.82, 2.24) is 10.7 Å². The van der Waals surface area contributed by atoms with E-state index in [1.165, 1.54) is 25.5 Å². The normalized spacial score (nSPS) is 16.1. The molecule has 1 aliphatic heterocycles. The van der Waals surface area contributed by atoms with Gasteiger partial charge in [-0.1, -0.05) is 18.2 Å². The number of amides is 2. The van der Waals surface area contributed by atoms with E-state index in [1.54, 1.807) is 24.3 Å². The number of carbonyl (C=O) groups excluding carboxylic acids is 2. The second kappa shape index (κ2) is 9.28. The molecule has 1 heterocycles. The molecule has 3 rings (SSSR count). The molecule has 2 aromatic rings. The summed E-state index contributed by atoms with van der Waals surface area (Å²) >= 11 is 0. The number of guanidine groups is 1. The van der Waals surface area contributed by atoms with Gasteiger partial charge in [0.1, 0.15) is 11.8 Å². The van der Waals surface area contributed by atoms with Crippen LogP contribution >= 0.6 is 0 Å². The Morgan fingerprint density at radius 1 is 1.26 bits per heavy atom. The van der Waals surface area contributed by atoms with Crippen molar-refractivity contribution in [3.8, 4) is 5.75 Å². The van der Waals surface area contributed by atoms with Crippen molar-refractivity contribution >= 4 is 29.7 Å². The second-order valence-electron chi connectivity index (χ2n) is 6.43. The zero-order valence-corrected chi connectivity index (χ0v) is 16.2. The van der Waals surface area contributed by atoms with E-state index in [0.717, 1.165) is 12.1 Å². The molecule has 31 heavy (non-hydrogen) atoms. The Hall–Kier alpha value is -3.89. The Balaban J connectivity index is 1.58. The number of nitrogens with one attached hydrogen (secondary N) is 3. The third kappa shape index (κ3) is 5.81. The molecule has 2 amide bonds. The number of hydrogen-bond acceptors (Lipinski definition) is 6. The molecular weight excluding hydrogens is 415 g/mol. The fourth-order valence-corrected chi connectivity index (χ4v) is 2.74. The van der Waals surface area contributed by atoms with Crippen LogP contribution < -0.4 is 20.8 Å². The monoisotopic (exact) mass is 433 g/mol. The summed E-state index contributed by atoms with van der Waals surface area (Å²) in [7, 11) is 1.52. The lowest BCUT2D eigenvalue weighted by Gasteiger charge is -2.10. The van der Waals surface area contributed by atoms with Crippen LogP contribution in [0.2, 0.25) is 0 Å². The van der Waals surface area contributed by atoms with Crippen LogP contribution in [0, 0.1) is 0 Å². The minimum absolute atomic E-state index is 0.0260. The summed E-state index contributed by atoms with van der Waals surface area (Å²) in [6, 6.07) is 10.3. The van der Waals surface area contributed by atoms with Gasteiger partial charge in [0.25, 0.3) is 5.91 Å². The maximum atomic E-state index is 12.8. The molecule has 1 aliphatic rings. The van der Waals surface area contributed by atoms with Crippen LogP contribution in [0.5, 0.6) is 5.75 Å². The van der Waals surface area contributed by atoms with Crippen molar-refractivity contribution in [3.63, 3.8) is 0 Å². The molecule has 8 nitrogen and oxygen atoms in total. The Morgan fingerprint density at radius 2 is 2.03 bits per heavy atom. The van der Waals surface area contributed by atoms with Crippen molar-refractivity contribution in [2.24, 2.45) is 10.1 Å².